The Labute approximate surface area is 129 Å². The van der Waals surface area contributed by atoms with E-state index in [4.69, 9.17) is 5.26 Å². The van der Waals surface area contributed by atoms with Crippen molar-refractivity contribution in [2.24, 2.45) is 5.92 Å². The van der Waals surface area contributed by atoms with Gasteiger partial charge >= 0.3 is 0 Å². The monoisotopic (exact) mass is 288 g/mol. The Morgan fingerprint density at radius 1 is 1.10 bits per heavy atom. The van der Waals surface area contributed by atoms with Crippen LogP contribution in [0.15, 0.2) is 24.3 Å². The molecule has 1 aromatic carbocycles. The molecule has 0 spiro atoms. The summed E-state index contributed by atoms with van der Waals surface area (Å²) in [5.41, 5.74) is 1.48. The predicted molar refractivity (Wildman–Crippen MR) is 86.9 cm³/mol. The third-order valence-corrected chi connectivity index (χ3v) is 3.65. The van der Waals surface area contributed by atoms with Crippen molar-refractivity contribution in [1.82, 2.24) is 5.32 Å². The van der Waals surface area contributed by atoms with E-state index in [2.05, 4.69) is 25.2 Å². The third-order valence-electron chi connectivity index (χ3n) is 3.65. The Morgan fingerprint density at radius 3 is 2.38 bits per heavy atom. The molecule has 1 aromatic rings. The molecule has 116 valence electrons. The topological polar surface area (TPSA) is 56.0 Å². The first-order chi connectivity index (χ1) is 10.1. The van der Waals surface area contributed by atoms with Crippen LogP contribution in [0.5, 0.6) is 0 Å². The zero-order valence-electron chi connectivity index (χ0n) is 13.3. The van der Waals surface area contributed by atoms with Gasteiger partial charge in [0.25, 0.3) is 0 Å². The SMILES string of the molecule is CC(C)CCCCCCNCC(O)c1ccc(C#N)cc1. The molecule has 0 radical (unpaired) electrons. The molecule has 0 saturated carbocycles. The highest BCUT2D eigenvalue weighted by molar-refractivity contribution is 5.32. The van der Waals surface area contributed by atoms with Gasteiger partial charge in [0.15, 0.2) is 0 Å². The lowest BCUT2D eigenvalue weighted by Crippen LogP contribution is -2.22. The van der Waals surface area contributed by atoms with E-state index in [0.717, 1.165) is 24.4 Å². The quantitative estimate of drug-likeness (QED) is 0.644. The fourth-order valence-electron chi connectivity index (χ4n) is 2.29. The number of unbranched alkanes of at least 4 members (excludes halogenated alkanes) is 3. The number of rotatable bonds is 10. The average molecular weight is 288 g/mol. The zero-order valence-corrected chi connectivity index (χ0v) is 13.3. The number of benzene rings is 1. The fourth-order valence-corrected chi connectivity index (χ4v) is 2.29. The highest BCUT2D eigenvalue weighted by atomic mass is 16.3. The molecule has 3 nitrogen and oxygen atoms in total. The highest BCUT2D eigenvalue weighted by Crippen LogP contribution is 2.13. The Bertz CT molecular complexity index is 420. The summed E-state index contributed by atoms with van der Waals surface area (Å²) in [6, 6.07) is 9.20. The lowest BCUT2D eigenvalue weighted by molar-refractivity contribution is 0.174. The van der Waals surface area contributed by atoms with Crippen LogP contribution in [0.1, 0.15) is 63.2 Å². The van der Waals surface area contributed by atoms with Crippen LogP contribution in [0.4, 0.5) is 0 Å². The molecule has 0 heterocycles. The summed E-state index contributed by atoms with van der Waals surface area (Å²) in [5.74, 6) is 0.811. The number of aliphatic hydroxyl groups is 1. The van der Waals surface area contributed by atoms with Gasteiger partial charge in [0.05, 0.1) is 17.7 Å². The van der Waals surface area contributed by atoms with Crippen LogP contribution in [0.25, 0.3) is 0 Å². The van der Waals surface area contributed by atoms with Crippen LogP contribution in [-0.2, 0) is 0 Å². The summed E-state index contributed by atoms with van der Waals surface area (Å²) in [5, 5.41) is 22.1. The fraction of sp³-hybridized carbons (Fsp3) is 0.611. The normalized spacial score (nSPS) is 12.3. The molecule has 0 fully saturated rings. The van der Waals surface area contributed by atoms with Crippen LogP contribution in [0.3, 0.4) is 0 Å². The summed E-state index contributed by atoms with van der Waals surface area (Å²) in [6.45, 7) is 6.06. The number of nitrogens with one attached hydrogen (secondary N) is 1. The van der Waals surface area contributed by atoms with Crippen LogP contribution in [0, 0.1) is 17.2 Å². The van der Waals surface area contributed by atoms with E-state index in [0.29, 0.717) is 12.1 Å². The largest absolute Gasteiger partial charge is 0.387 e. The van der Waals surface area contributed by atoms with Gasteiger partial charge in [-0.25, -0.2) is 0 Å². The molecular weight excluding hydrogens is 260 g/mol. The van der Waals surface area contributed by atoms with Gasteiger partial charge < -0.3 is 10.4 Å². The third kappa shape index (κ3) is 7.84. The van der Waals surface area contributed by atoms with E-state index in [-0.39, 0.29) is 0 Å². The molecular formula is C18H28N2O. The van der Waals surface area contributed by atoms with Gasteiger partial charge in [0.1, 0.15) is 0 Å². The molecule has 1 atom stereocenters. The van der Waals surface area contributed by atoms with E-state index in [1.807, 2.05) is 12.1 Å². The van der Waals surface area contributed by atoms with Gasteiger partial charge in [-0.1, -0.05) is 51.7 Å². The average Bonchev–Trinajstić information content (AvgIpc) is 2.49. The zero-order chi connectivity index (χ0) is 15.5. The first kappa shape index (κ1) is 17.7. The van der Waals surface area contributed by atoms with Gasteiger partial charge in [0, 0.05) is 6.54 Å². The van der Waals surface area contributed by atoms with Crippen molar-refractivity contribution in [3.63, 3.8) is 0 Å². The molecule has 0 aromatic heterocycles. The summed E-state index contributed by atoms with van der Waals surface area (Å²) in [6.07, 6.45) is 5.87. The van der Waals surface area contributed by atoms with E-state index in [9.17, 15) is 5.11 Å². The van der Waals surface area contributed by atoms with Crippen LogP contribution < -0.4 is 5.32 Å². The van der Waals surface area contributed by atoms with Crippen molar-refractivity contribution >= 4 is 0 Å². The molecule has 0 amide bonds. The molecule has 21 heavy (non-hydrogen) atoms. The molecule has 0 bridgehead atoms. The lowest BCUT2D eigenvalue weighted by atomic mass is 10.0. The summed E-state index contributed by atoms with van der Waals surface area (Å²) >= 11 is 0. The maximum absolute atomic E-state index is 10.0. The van der Waals surface area contributed by atoms with Crippen molar-refractivity contribution in [3.05, 3.63) is 35.4 Å². The van der Waals surface area contributed by atoms with Crippen molar-refractivity contribution in [3.8, 4) is 6.07 Å². The second-order valence-electron chi connectivity index (χ2n) is 6.05. The van der Waals surface area contributed by atoms with Crippen LogP contribution in [-0.4, -0.2) is 18.2 Å². The Kier molecular flexibility index (Phi) is 8.73. The van der Waals surface area contributed by atoms with Gasteiger partial charge in [-0.3, -0.25) is 0 Å². The van der Waals surface area contributed by atoms with Crippen LogP contribution in [0.2, 0.25) is 0 Å². The van der Waals surface area contributed by atoms with E-state index in [1.54, 1.807) is 12.1 Å². The minimum Gasteiger partial charge on any atom is -0.387 e. The number of nitrogens with zero attached hydrogens (tertiary/aromatic N) is 1. The second kappa shape index (κ2) is 10.4. The van der Waals surface area contributed by atoms with Gasteiger partial charge in [-0.2, -0.15) is 5.26 Å². The molecule has 1 unspecified atom stereocenters. The van der Waals surface area contributed by atoms with Crippen molar-refractivity contribution in [2.75, 3.05) is 13.1 Å². The Hall–Kier alpha value is -1.37. The molecule has 0 aliphatic carbocycles. The van der Waals surface area contributed by atoms with Gasteiger partial charge in [-0.05, 0) is 36.6 Å². The number of hydrogen-bond acceptors (Lipinski definition) is 3. The van der Waals surface area contributed by atoms with Crippen molar-refractivity contribution < 1.29 is 5.11 Å². The van der Waals surface area contributed by atoms with Crippen molar-refractivity contribution in [2.45, 2.75) is 52.1 Å². The molecule has 0 aliphatic heterocycles. The molecule has 0 aliphatic rings. The first-order valence-electron chi connectivity index (χ1n) is 8.02. The first-order valence-corrected chi connectivity index (χ1v) is 8.02. The molecule has 0 saturated heterocycles. The molecule has 3 heteroatoms. The van der Waals surface area contributed by atoms with Gasteiger partial charge in [-0.15, -0.1) is 0 Å². The number of hydrogen-bond donors (Lipinski definition) is 2. The lowest BCUT2D eigenvalue weighted by Gasteiger charge is -2.12. The highest BCUT2D eigenvalue weighted by Gasteiger charge is 2.06. The molecule has 1 rings (SSSR count). The van der Waals surface area contributed by atoms with E-state index in [1.165, 1.54) is 25.7 Å². The van der Waals surface area contributed by atoms with E-state index < -0.39 is 6.10 Å². The standard InChI is InChI=1S/C18H28N2O/c1-15(2)7-5-3-4-6-12-20-14-18(21)17-10-8-16(13-19)9-11-17/h8-11,15,18,20-21H,3-7,12,14H2,1-2H3. The summed E-state index contributed by atoms with van der Waals surface area (Å²) < 4.78 is 0. The Morgan fingerprint density at radius 2 is 1.76 bits per heavy atom. The van der Waals surface area contributed by atoms with E-state index >= 15 is 0 Å². The maximum Gasteiger partial charge on any atom is 0.0991 e. The smallest absolute Gasteiger partial charge is 0.0991 e. The summed E-state index contributed by atoms with van der Waals surface area (Å²) in [7, 11) is 0. The van der Waals surface area contributed by atoms with Gasteiger partial charge in [0.2, 0.25) is 0 Å². The maximum atomic E-state index is 10.0. The van der Waals surface area contributed by atoms with Crippen molar-refractivity contribution in [1.29, 1.82) is 5.26 Å². The molecule has 2 N–H and O–H groups in total. The summed E-state index contributed by atoms with van der Waals surface area (Å²) in [4.78, 5) is 0. The minimum absolute atomic E-state index is 0.501. The Balaban J connectivity index is 2.08. The minimum atomic E-state index is -0.501. The van der Waals surface area contributed by atoms with Crippen LogP contribution >= 0.6 is 0 Å². The number of nitriles is 1. The predicted octanol–water partition coefficient (Wildman–Crippen LogP) is 3.79. The number of aliphatic hydroxyl groups excluding tert-OH is 1. The second-order valence-corrected chi connectivity index (χ2v) is 6.05.